The molecule has 2 aromatic rings. The van der Waals surface area contributed by atoms with Crippen LogP contribution in [-0.2, 0) is 11.3 Å². The predicted octanol–water partition coefficient (Wildman–Crippen LogP) is 2.92. The lowest BCUT2D eigenvalue weighted by Crippen LogP contribution is -2.29. The van der Waals surface area contributed by atoms with E-state index in [0.29, 0.717) is 11.7 Å². The number of hydrogen-bond donors (Lipinski definition) is 0. The van der Waals surface area contributed by atoms with E-state index >= 15 is 0 Å². The fourth-order valence-electron chi connectivity index (χ4n) is 3.15. The summed E-state index contributed by atoms with van der Waals surface area (Å²) in [4.78, 5) is 14.3. The number of thioether (sulfide) groups is 1. The first-order valence-corrected chi connectivity index (χ1v) is 9.67. The van der Waals surface area contributed by atoms with Crippen LogP contribution in [0.25, 0.3) is 0 Å². The van der Waals surface area contributed by atoms with Crippen LogP contribution in [0.15, 0.2) is 35.5 Å². The summed E-state index contributed by atoms with van der Waals surface area (Å²) < 4.78 is 2.20. The molecular formula is C18H22N4OS. The molecule has 2 aliphatic rings. The van der Waals surface area contributed by atoms with Crippen LogP contribution >= 0.6 is 11.8 Å². The van der Waals surface area contributed by atoms with Gasteiger partial charge in [0.25, 0.3) is 0 Å². The van der Waals surface area contributed by atoms with Gasteiger partial charge in [-0.25, -0.2) is 0 Å². The van der Waals surface area contributed by atoms with Crippen LogP contribution in [0.2, 0.25) is 0 Å². The van der Waals surface area contributed by atoms with E-state index in [0.717, 1.165) is 43.5 Å². The highest BCUT2D eigenvalue weighted by atomic mass is 32.2. The lowest BCUT2D eigenvalue weighted by molar-refractivity contribution is -0.127. The summed E-state index contributed by atoms with van der Waals surface area (Å²) in [6, 6.07) is 10.4. The van der Waals surface area contributed by atoms with Crippen LogP contribution in [0.3, 0.4) is 0 Å². The lowest BCUT2D eigenvalue weighted by atomic mass is 10.2. The molecule has 0 unspecified atom stereocenters. The fraction of sp³-hybridized carbons (Fsp3) is 0.500. The molecule has 126 valence electrons. The Bertz CT molecular complexity index is 705. The van der Waals surface area contributed by atoms with Crippen molar-refractivity contribution in [3.8, 4) is 0 Å². The highest BCUT2D eigenvalue weighted by molar-refractivity contribution is 7.99. The molecule has 0 atom stereocenters. The van der Waals surface area contributed by atoms with Gasteiger partial charge in [0, 0.05) is 19.0 Å². The van der Waals surface area contributed by atoms with Gasteiger partial charge in [-0.15, -0.1) is 10.2 Å². The smallest absolute Gasteiger partial charge is 0.233 e. The number of benzene rings is 1. The van der Waals surface area contributed by atoms with Crippen molar-refractivity contribution in [3.05, 3.63) is 41.7 Å². The van der Waals surface area contributed by atoms with Gasteiger partial charge in [0.1, 0.15) is 5.82 Å². The molecule has 1 aliphatic carbocycles. The number of hydrogen-bond acceptors (Lipinski definition) is 4. The van der Waals surface area contributed by atoms with Crippen molar-refractivity contribution < 1.29 is 4.79 Å². The Morgan fingerprint density at radius 1 is 1.12 bits per heavy atom. The van der Waals surface area contributed by atoms with Gasteiger partial charge < -0.3 is 9.47 Å². The summed E-state index contributed by atoms with van der Waals surface area (Å²) in [5.41, 5.74) is 1.24. The third-order valence-electron chi connectivity index (χ3n) is 4.65. The number of aromatic nitrogens is 3. The minimum absolute atomic E-state index is 0.222. The maximum absolute atomic E-state index is 12.3. The Morgan fingerprint density at radius 2 is 1.88 bits per heavy atom. The predicted molar refractivity (Wildman–Crippen MR) is 94.1 cm³/mol. The molecule has 1 aromatic heterocycles. The highest BCUT2D eigenvalue weighted by Crippen LogP contribution is 2.40. The van der Waals surface area contributed by atoms with Crippen LogP contribution in [0.4, 0.5) is 0 Å². The van der Waals surface area contributed by atoms with Crippen molar-refractivity contribution in [2.24, 2.45) is 0 Å². The molecule has 1 saturated heterocycles. The zero-order chi connectivity index (χ0) is 16.4. The van der Waals surface area contributed by atoms with E-state index < -0.39 is 0 Å². The first kappa shape index (κ1) is 15.7. The quantitative estimate of drug-likeness (QED) is 0.758. The second-order valence-corrected chi connectivity index (χ2v) is 7.51. The third kappa shape index (κ3) is 3.48. The normalized spacial score (nSPS) is 17.4. The average Bonchev–Trinajstić information content (AvgIpc) is 3.15. The molecule has 24 heavy (non-hydrogen) atoms. The zero-order valence-corrected chi connectivity index (χ0v) is 14.5. The molecule has 1 aromatic carbocycles. The molecule has 5 nitrogen and oxygen atoms in total. The summed E-state index contributed by atoms with van der Waals surface area (Å²) >= 11 is 1.53. The van der Waals surface area contributed by atoms with Crippen LogP contribution in [0, 0.1) is 0 Å². The van der Waals surface area contributed by atoms with Crippen LogP contribution in [0.5, 0.6) is 0 Å². The Morgan fingerprint density at radius 3 is 2.58 bits per heavy atom. The third-order valence-corrected chi connectivity index (χ3v) is 5.61. The molecule has 0 N–H and O–H groups in total. The number of nitrogens with zero attached hydrogens (tertiary/aromatic N) is 4. The van der Waals surface area contributed by atoms with Gasteiger partial charge >= 0.3 is 0 Å². The van der Waals surface area contributed by atoms with Gasteiger partial charge in [-0.05, 0) is 31.2 Å². The zero-order valence-electron chi connectivity index (χ0n) is 13.7. The summed E-state index contributed by atoms with van der Waals surface area (Å²) in [6.07, 6.45) is 4.66. The monoisotopic (exact) mass is 342 g/mol. The number of carbonyl (C=O) groups excluding carboxylic acids is 1. The van der Waals surface area contributed by atoms with Gasteiger partial charge in [-0.3, -0.25) is 4.79 Å². The molecule has 1 aliphatic heterocycles. The fourth-order valence-corrected chi connectivity index (χ4v) is 4.00. The van der Waals surface area contributed by atoms with Crippen molar-refractivity contribution in [2.45, 2.75) is 43.3 Å². The van der Waals surface area contributed by atoms with Crippen LogP contribution in [-0.4, -0.2) is 44.4 Å². The van der Waals surface area contributed by atoms with Crippen LogP contribution < -0.4 is 0 Å². The first-order chi connectivity index (χ1) is 11.8. The Labute approximate surface area is 146 Å². The molecule has 2 heterocycles. The van der Waals surface area contributed by atoms with E-state index in [2.05, 4.69) is 39.0 Å². The number of rotatable bonds is 6. The topological polar surface area (TPSA) is 51.0 Å². The molecular weight excluding hydrogens is 320 g/mol. The van der Waals surface area contributed by atoms with E-state index in [1.807, 2.05) is 11.0 Å². The number of amides is 1. The van der Waals surface area contributed by atoms with Gasteiger partial charge in [0.2, 0.25) is 5.91 Å². The van der Waals surface area contributed by atoms with E-state index in [4.69, 9.17) is 0 Å². The summed E-state index contributed by atoms with van der Waals surface area (Å²) in [5, 5.41) is 9.66. The molecule has 6 heteroatoms. The number of carbonyl (C=O) groups is 1. The van der Waals surface area contributed by atoms with Crippen LogP contribution in [0.1, 0.15) is 43.0 Å². The van der Waals surface area contributed by atoms with Gasteiger partial charge in [-0.2, -0.15) is 0 Å². The standard InChI is InChI=1S/C18H22N4OS/c23-16(21-10-4-5-11-21)13-24-18-20-19-17(15-8-9-15)22(18)12-14-6-2-1-3-7-14/h1-3,6-7,15H,4-5,8-13H2. The maximum Gasteiger partial charge on any atom is 0.233 e. The number of likely N-dealkylation sites (tertiary alicyclic amines) is 1. The summed E-state index contributed by atoms with van der Waals surface area (Å²) in [5.74, 6) is 2.30. The van der Waals surface area contributed by atoms with Crippen molar-refractivity contribution in [2.75, 3.05) is 18.8 Å². The highest BCUT2D eigenvalue weighted by Gasteiger charge is 2.30. The van der Waals surface area contributed by atoms with E-state index in [1.165, 1.54) is 30.2 Å². The molecule has 0 spiro atoms. The van der Waals surface area contributed by atoms with Gasteiger partial charge in [-0.1, -0.05) is 42.1 Å². The van der Waals surface area contributed by atoms with Crippen molar-refractivity contribution >= 4 is 17.7 Å². The molecule has 0 radical (unpaired) electrons. The van der Waals surface area contributed by atoms with Crippen molar-refractivity contribution in [3.63, 3.8) is 0 Å². The first-order valence-electron chi connectivity index (χ1n) is 8.69. The minimum atomic E-state index is 0.222. The summed E-state index contributed by atoms with van der Waals surface area (Å²) in [6.45, 7) is 2.59. The molecule has 4 rings (SSSR count). The van der Waals surface area contributed by atoms with Gasteiger partial charge in [0.05, 0.1) is 12.3 Å². The molecule has 0 bridgehead atoms. The molecule has 1 saturated carbocycles. The average molecular weight is 342 g/mol. The second-order valence-electron chi connectivity index (χ2n) is 6.56. The van der Waals surface area contributed by atoms with E-state index in [-0.39, 0.29) is 5.91 Å². The van der Waals surface area contributed by atoms with Crippen molar-refractivity contribution in [1.82, 2.24) is 19.7 Å². The summed E-state index contributed by atoms with van der Waals surface area (Å²) in [7, 11) is 0. The van der Waals surface area contributed by atoms with E-state index in [9.17, 15) is 4.79 Å². The lowest BCUT2D eigenvalue weighted by Gasteiger charge is -2.15. The Hall–Kier alpha value is -1.82. The minimum Gasteiger partial charge on any atom is -0.342 e. The Kier molecular flexibility index (Phi) is 4.56. The van der Waals surface area contributed by atoms with Crippen molar-refractivity contribution in [1.29, 1.82) is 0 Å². The second kappa shape index (κ2) is 6.97. The van der Waals surface area contributed by atoms with Gasteiger partial charge in [0.15, 0.2) is 5.16 Å². The largest absolute Gasteiger partial charge is 0.342 e. The molecule has 1 amide bonds. The molecule has 2 fully saturated rings. The Balaban J connectivity index is 1.48. The maximum atomic E-state index is 12.3. The SMILES string of the molecule is O=C(CSc1nnc(C2CC2)n1Cc1ccccc1)N1CCCC1. The van der Waals surface area contributed by atoms with E-state index in [1.54, 1.807) is 0 Å².